The van der Waals surface area contributed by atoms with E-state index in [2.05, 4.69) is 5.10 Å². The number of rotatable bonds is 7. The number of methoxy groups -OCH3 is 1. The lowest BCUT2D eigenvalue weighted by atomic mass is 9.97. The van der Waals surface area contributed by atoms with Crippen molar-refractivity contribution in [2.45, 2.75) is 44.2 Å². The zero-order valence-corrected chi connectivity index (χ0v) is 16.1. The third kappa shape index (κ3) is 3.96. The second-order valence-corrected chi connectivity index (χ2v) is 7.43. The van der Waals surface area contributed by atoms with Crippen LogP contribution in [0.5, 0.6) is 0 Å². The van der Waals surface area contributed by atoms with Crippen LogP contribution in [0.2, 0.25) is 0 Å². The average Bonchev–Trinajstić information content (AvgIpc) is 3.30. The highest BCUT2D eigenvalue weighted by atomic mass is 16.5. The summed E-state index contributed by atoms with van der Waals surface area (Å²) in [6.07, 6.45) is 8.68. The van der Waals surface area contributed by atoms with Gasteiger partial charge in [-0.2, -0.15) is 5.10 Å². The first-order chi connectivity index (χ1) is 13.7. The molecular formula is C20H26N4O4. The Morgan fingerprint density at radius 3 is 2.96 bits per heavy atom. The standard InChI is InChI=1S/C20H26N4O4/c1-27-13-11-23-20(26)24(16-6-7-16)19(21-23)15-4-2-10-22(14-15)18(25)9-8-17-5-3-12-28-17/h3,5,8-9,12,15-16H,2,4,6-7,10-11,13-14H2,1H3/b9-8+. The molecule has 1 amide bonds. The minimum atomic E-state index is -0.0595. The summed E-state index contributed by atoms with van der Waals surface area (Å²) in [6, 6.07) is 3.85. The van der Waals surface area contributed by atoms with Crippen molar-refractivity contribution in [3.63, 3.8) is 0 Å². The fourth-order valence-corrected chi connectivity index (χ4v) is 3.75. The lowest BCUT2D eigenvalue weighted by Crippen LogP contribution is -2.39. The second-order valence-electron chi connectivity index (χ2n) is 7.43. The van der Waals surface area contributed by atoms with E-state index in [1.807, 2.05) is 15.5 Å². The Morgan fingerprint density at radius 1 is 1.39 bits per heavy atom. The molecule has 28 heavy (non-hydrogen) atoms. The van der Waals surface area contributed by atoms with E-state index >= 15 is 0 Å². The van der Waals surface area contributed by atoms with Crippen LogP contribution in [0.25, 0.3) is 6.08 Å². The van der Waals surface area contributed by atoms with Crippen molar-refractivity contribution < 1.29 is 13.9 Å². The molecule has 4 rings (SSSR count). The third-order valence-corrected chi connectivity index (χ3v) is 5.35. The van der Waals surface area contributed by atoms with E-state index in [4.69, 9.17) is 9.15 Å². The first kappa shape index (κ1) is 18.7. The summed E-state index contributed by atoms with van der Waals surface area (Å²) in [6.45, 7) is 2.20. The summed E-state index contributed by atoms with van der Waals surface area (Å²) >= 11 is 0. The average molecular weight is 386 g/mol. The van der Waals surface area contributed by atoms with Crippen LogP contribution in [0.15, 0.2) is 33.7 Å². The van der Waals surface area contributed by atoms with Gasteiger partial charge in [0.2, 0.25) is 5.91 Å². The van der Waals surface area contributed by atoms with Gasteiger partial charge in [-0.05, 0) is 43.9 Å². The Morgan fingerprint density at radius 2 is 2.25 bits per heavy atom. The molecule has 0 bridgehead atoms. The van der Waals surface area contributed by atoms with E-state index in [-0.39, 0.29) is 23.6 Å². The normalized spacial score (nSPS) is 20.2. The predicted octanol–water partition coefficient (Wildman–Crippen LogP) is 2.04. The number of hydrogen-bond acceptors (Lipinski definition) is 5. The van der Waals surface area contributed by atoms with Gasteiger partial charge in [-0.15, -0.1) is 0 Å². The summed E-state index contributed by atoms with van der Waals surface area (Å²) < 4.78 is 13.7. The molecule has 0 radical (unpaired) electrons. The van der Waals surface area contributed by atoms with Crippen LogP contribution in [0.3, 0.4) is 0 Å². The Balaban J connectivity index is 1.51. The molecule has 1 aliphatic heterocycles. The summed E-state index contributed by atoms with van der Waals surface area (Å²) in [4.78, 5) is 27.2. The smallest absolute Gasteiger partial charge is 0.346 e. The number of furan rings is 1. The van der Waals surface area contributed by atoms with Gasteiger partial charge in [-0.3, -0.25) is 9.36 Å². The SMILES string of the molecule is COCCn1nc(C2CCCN(C(=O)/C=C/c3ccco3)C2)n(C2CC2)c1=O. The maximum atomic E-state index is 12.8. The van der Waals surface area contributed by atoms with Crippen molar-refractivity contribution in [2.24, 2.45) is 0 Å². The second kappa shape index (κ2) is 8.18. The van der Waals surface area contributed by atoms with E-state index in [1.165, 1.54) is 4.68 Å². The molecule has 1 saturated carbocycles. The van der Waals surface area contributed by atoms with E-state index in [1.54, 1.807) is 31.6 Å². The highest BCUT2D eigenvalue weighted by Crippen LogP contribution is 2.37. The Bertz CT molecular complexity index is 892. The minimum Gasteiger partial charge on any atom is -0.465 e. The van der Waals surface area contributed by atoms with E-state index in [9.17, 15) is 9.59 Å². The molecule has 3 heterocycles. The quantitative estimate of drug-likeness (QED) is 0.680. The molecule has 2 fully saturated rings. The molecule has 1 aliphatic carbocycles. The number of ether oxygens (including phenoxy) is 1. The molecular weight excluding hydrogens is 360 g/mol. The van der Waals surface area contributed by atoms with Crippen LogP contribution in [0.4, 0.5) is 0 Å². The van der Waals surface area contributed by atoms with Gasteiger partial charge < -0.3 is 14.1 Å². The number of nitrogens with zero attached hydrogens (tertiary/aromatic N) is 4. The zero-order valence-electron chi connectivity index (χ0n) is 16.1. The summed E-state index contributed by atoms with van der Waals surface area (Å²) in [5.74, 6) is 1.50. The molecule has 150 valence electrons. The minimum absolute atomic E-state index is 0.0414. The molecule has 1 saturated heterocycles. The topological polar surface area (TPSA) is 82.5 Å². The van der Waals surface area contributed by atoms with E-state index in [0.717, 1.165) is 38.1 Å². The molecule has 1 unspecified atom stereocenters. The number of aromatic nitrogens is 3. The van der Waals surface area contributed by atoms with Crippen LogP contribution in [-0.2, 0) is 16.1 Å². The zero-order chi connectivity index (χ0) is 19.5. The Kier molecular flexibility index (Phi) is 5.47. The molecule has 1 atom stereocenters. The lowest BCUT2D eigenvalue weighted by Gasteiger charge is -2.31. The summed E-state index contributed by atoms with van der Waals surface area (Å²) in [5.41, 5.74) is -0.0595. The Hall–Kier alpha value is -2.61. The van der Waals surface area contributed by atoms with Crippen molar-refractivity contribution >= 4 is 12.0 Å². The molecule has 8 nitrogen and oxygen atoms in total. The number of carbonyl (C=O) groups is 1. The number of amides is 1. The monoisotopic (exact) mass is 386 g/mol. The maximum absolute atomic E-state index is 12.8. The summed E-state index contributed by atoms with van der Waals surface area (Å²) in [5, 5.41) is 4.63. The molecule has 0 aromatic carbocycles. The van der Waals surface area contributed by atoms with Gasteiger partial charge in [0.25, 0.3) is 0 Å². The first-order valence-corrected chi connectivity index (χ1v) is 9.86. The largest absolute Gasteiger partial charge is 0.465 e. The van der Waals surface area contributed by atoms with Gasteiger partial charge in [0.1, 0.15) is 11.6 Å². The predicted molar refractivity (Wildman–Crippen MR) is 103 cm³/mol. The molecule has 8 heteroatoms. The fourth-order valence-electron chi connectivity index (χ4n) is 3.75. The van der Waals surface area contributed by atoms with Gasteiger partial charge in [-0.25, -0.2) is 9.48 Å². The van der Waals surface area contributed by atoms with E-state index < -0.39 is 0 Å². The van der Waals surface area contributed by atoms with Crippen LogP contribution in [0.1, 0.15) is 49.2 Å². The van der Waals surface area contributed by atoms with Crippen LogP contribution in [-0.4, -0.2) is 52.0 Å². The van der Waals surface area contributed by atoms with Gasteiger partial charge in [0.05, 0.1) is 19.4 Å². The van der Waals surface area contributed by atoms with Gasteiger partial charge >= 0.3 is 5.69 Å². The number of likely N-dealkylation sites (tertiary alicyclic amines) is 1. The van der Waals surface area contributed by atoms with E-state index in [0.29, 0.717) is 25.5 Å². The van der Waals surface area contributed by atoms with Gasteiger partial charge in [0.15, 0.2) is 0 Å². The van der Waals surface area contributed by atoms with Crippen molar-refractivity contribution in [2.75, 3.05) is 26.8 Å². The number of carbonyl (C=O) groups excluding carboxylic acids is 1. The van der Waals surface area contributed by atoms with Gasteiger partial charge in [0, 0.05) is 38.2 Å². The van der Waals surface area contributed by atoms with Crippen LogP contribution in [0, 0.1) is 0 Å². The van der Waals surface area contributed by atoms with Gasteiger partial charge in [-0.1, -0.05) is 0 Å². The molecule has 2 aromatic heterocycles. The number of hydrogen-bond donors (Lipinski definition) is 0. The Labute approximate surface area is 163 Å². The molecule has 2 aromatic rings. The highest BCUT2D eigenvalue weighted by Gasteiger charge is 2.34. The third-order valence-electron chi connectivity index (χ3n) is 5.35. The van der Waals surface area contributed by atoms with Crippen molar-refractivity contribution in [1.29, 1.82) is 0 Å². The first-order valence-electron chi connectivity index (χ1n) is 9.86. The van der Waals surface area contributed by atoms with Crippen LogP contribution >= 0.6 is 0 Å². The van der Waals surface area contributed by atoms with Crippen LogP contribution < -0.4 is 5.69 Å². The van der Waals surface area contributed by atoms with Crippen molar-refractivity contribution in [1.82, 2.24) is 19.2 Å². The van der Waals surface area contributed by atoms with Crippen molar-refractivity contribution in [3.8, 4) is 0 Å². The molecule has 0 N–H and O–H groups in total. The molecule has 2 aliphatic rings. The van der Waals surface area contributed by atoms with Crippen molar-refractivity contribution in [3.05, 3.63) is 46.5 Å². The molecule has 0 spiro atoms. The maximum Gasteiger partial charge on any atom is 0.346 e. The lowest BCUT2D eigenvalue weighted by molar-refractivity contribution is -0.127. The fraction of sp³-hybridized carbons (Fsp3) is 0.550. The highest BCUT2D eigenvalue weighted by molar-refractivity contribution is 5.91. The summed E-state index contributed by atoms with van der Waals surface area (Å²) in [7, 11) is 1.62. The number of piperidine rings is 1.